The van der Waals surface area contributed by atoms with E-state index in [4.69, 9.17) is 14.2 Å². The normalized spacial score (nSPS) is 14.1. The van der Waals surface area contributed by atoms with Crippen molar-refractivity contribution in [3.63, 3.8) is 0 Å². The first kappa shape index (κ1) is 34.3. The van der Waals surface area contributed by atoms with Gasteiger partial charge in [0.05, 0.1) is 19.8 Å². The zero-order chi connectivity index (χ0) is 27.5. The maximum Gasteiger partial charge on any atom is 0.242 e. The van der Waals surface area contributed by atoms with Crippen molar-refractivity contribution < 1.29 is 28.6 Å². The Kier molecular flexibility index (Phi) is 18.5. The van der Waals surface area contributed by atoms with E-state index >= 15 is 0 Å². The standard InChI is InChI=1S/C27H53N3O6/c1-8-10-11-13-24(32)30-22(25(33)28-16-12-17-34-6)14-15-23(31)29-18-26(3,4)19-36-21-27(5,9-2)20-35-7/h22H,8-21H2,1-7H3,(H,28,33)(H,29,31)(H,30,32)/t22-,27?/m0/s1. The highest BCUT2D eigenvalue weighted by Crippen LogP contribution is 2.23. The van der Waals surface area contributed by atoms with Gasteiger partial charge >= 0.3 is 0 Å². The molecule has 0 radical (unpaired) electrons. The number of hydrogen-bond acceptors (Lipinski definition) is 6. The van der Waals surface area contributed by atoms with Crippen LogP contribution in [0.4, 0.5) is 0 Å². The Morgan fingerprint density at radius 1 is 0.833 bits per heavy atom. The summed E-state index contributed by atoms with van der Waals surface area (Å²) in [6.45, 7) is 13.6. The summed E-state index contributed by atoms with van der Waals surface area (Å²) < 4.78 is 16.3. The molecule has 9 heteroatoms. The number of nitrogens with one attached hydrogen (secondary N) is 3. The molecular formula is C27H53N3O6. The van der Waals surface area contributed by atoms with E-state index in [2.05, 4.69) is 36.7 Å². The van der Waals surface area contributed by atoms with Crippen LogP contribution in [0, 0.1) is 10.8 Å². The summed E-state index contributed by atoms with van der Waals surface area (Å²) in [5.41, 5.74) is -0.281. The van der Waals surface area contributed by atoms with Gasteiger partial charge in [0, 0.05) is 57.6 Å². The van der Waals surface area contributed by atoms with E-state index in [1.54, 1.807) is 14.2 Å². The highest BCUT2D eigenvalue weighted by atomic mass is 16.5. The van der Waals surface area contributed by atoms with E-state index < -0.39 is 6.04 Å². The van der Waals surface area contributed by atoms with Gasteiger partial charge in [0.2, 0.25) is 17.7 Å². The van der Waals surface area contributed by atoms with Gasteiger partial charge in [-0.1, -0.05) is 47.5 Å². The molecule has 0 bridgehead atoms. The predicted molar refractivity (Wildman–Crippen MR) is 143 cm³/mol. The number of carbonyl (C=O) groups excluding carboxylic acids is 3. The highest BCUT2D eigenvalue weighted by Gasteiger charge is 2.26. The molecule has 0 aliphatic heterocycles. The SMILES string of the molecule is CCCCCC(=O)N[C@@H](CCC(=O)NCC(C)(C)COCC(C)(CC)COC)C(=O)NCCCOC. The number of methoxy groups -OCH3 is 2. The lowest BCUT2D eigenvalue weighted by Crippen LogP contribution is -2.47. The smallest absolute Gasteiger partial charge is 0.242 e. The van der Waals surface area contributed by atoms with Crippen molar-refractivity contribution in [3.8, 4) is 0 Å². The van der Waals surface area contributed by atoms with Gasteiger partial charge in [-0.2, -0.15) is 0 Å². The molecule has 2 atom stereocenters. The lowest BCUT2D eigenvalue weighted by atomic mass is 9.89. The van der Waals surface area contributed by atoms with E-state index in [-0.39, 0.29) is 41.4 Å². The minimum Gasteiger partial charge on any atom is -0.385 e. The van der Waals surface area contributed by atoms with Crippen LogP contribution in [0.15, 0.2) is 0 Å². The third-order valence-electron chi connectivity index (χ3n) is 6.20. The molecule has 0 rings (SSSR count). The maximum atomic E-state index is 12.6. The summed E-state index contributed by atoms with van der Waals surface area (Å²) in [6.07, 6.45) is 5.16. The number of amides is 3. The van der Waals surface area contributed by atoms with Gasteiger partial charge in [-0.3, -0.25) is 14.4 Å². The molecule has 0 aromatic carbocycles. The van der Waals surface area contributed by atoms with Crippen LogP contribution in [0.25, 0.3) is 0 Å². The van der Waals surface area contributed by atoms with E-state index in [0.29, 0.717) is 52.4 Å². The fraction of sp³-hybridized carbons (Fsp3) is 0.889. The van der Waals surface area contributed by atoms with Crippen molar-refractivity contribution in [1.29, 1.82) is 0 Å². The Balaban J connectivity index is 4.68. The molecule has 0 aromatic heterocycles. The molecule has 0 saturated heterocycles. The average Bonchev–Trinajstić information content (AvgIpc) is 2.83. The van der Waals surface area contributed by atoms with Gasteiger partial charge in [0.1, 0.15) is 6.04 Å². The van der Waals surface area contributed by atoms with Gasteiger partial charge in [-0.25, -0.2) is 0 Å². The summed E-state index contributed by atoms with van der Waals surface area (Å²) in [5, 5.41) is 8.59. The van der Waals surface area contributed by atoms with Crippen molar-refractivity contribution in [3.05, 3.63) is 0 Å². The van der Waals surface area contributed by atoms with Crippen LogP contribution in [0.5, 0.6) is 0 Å². The quantitative estimate of drug-likeness (QED) is 0.191. The van der Waals surface area contributed by atoms with Crippen molar-refractivity contribution >= 4 is 17.7 Å². The molecule has 212 valence electrons. The van der Waals surface area contributed by atoms with Gasteiger partial charge in [0.15, 0.2) is 0 Å². The number of hydrogen-bond donors (Lipinski definition) is 3. The Bertz CT molecular complexity index is 629. The molecule has 3 N–H and O–H groups in total. The Labute approximate surface area is 219 Å². The molecule has 9 nitrogen and oxygen atoms in total. The fourth-order valence-corrected chi connectivity index (χ4v) is 3.54. The summed E-state index contributed by atoms with van der Waals surface area (Å²) in [5.74, 6) is -0.587. The van der Waals surface area contributed by atoms with E-state index in [1.165, 1.54) is 0 Å². The second-order valence-electron chi connectivity index (χ2n) is 10.8. The predicted octanol–water partition coefficient (Wildman–Crippen LogP) is 3.21. The molecule has 0 saturated carbocycles. The first-order chi connectivity index (χ1) is 17.0. The third kappa shape index (κ3) is 16.9. The van der Waals surface area contributed by atoms with Gasteiger partial charge in [-0.15, -0.1) is 0 Å². The fourth-order valence-electron chi connectivity index (χ4n) is 3.54. The number of carbonyl (C=O) groups is 3. The van der Waals surface area contributed by atoms with Crippen molar-refractivity contribution in [1.82, 2.24) is 16.0 Å². The zero-order valence-corrected chi connectivity index (χ0v) is 23.9. The molecule has 0 aromatic rings. The molecule has 0 aliphatic carbocycles. The van der Waals surface area contributed by atoms with Crippen molar-refractivity contribution in [2.45, 2.75) is 92.0 Å². The Hall–Kier alpha value is -1.71. The average molecular weight is 516 g/mol. The number of unbranched alkanes of at least 4 members (excludes halogenated alkanes) is 2. The number of ether oxygens (including phenoxy) is 3. The maximum absolute atomic E-state index is 12.6. The van der Waals surface area contributed by atoms with Crippen LogP contribution in [0.3, 0.4) is 0 Å². The molecule has 0 aliphatic rings. The molecule has 0 spiro atoms. The lowest BCUT2D eigenvalue weighted by Gasteiger charge is -2.30. The topological polar surface area (TPSA) is 115 Å². The van der Waals surface area contributed by atoms with E-state index in [9.17, 15) is 14.4 Å². The summed E-state index contributed by atoms with van der Waals surface area (Å²) >= 11 is 0. The van der Waals surface area contributed by atoms with Crippen LogP contribution < -0.4 is 16.0 Å². The molecule has 36 heavy (non-hydrogen) atoms. The monoisotopic (exact) mass is 515 g/mol. The molecular weight excluding hydrogens is 462 g/mol. The van der Waals surface area contributed by atoms with Crippen molar-refractivity contribution in [2.24, 2.45) is 10.8 Å². The second kappa shape index (κ2) is 19.4. The van der Waals surface area contributed by atoms with Gasteiger partial charge in [0.25, 0.3) is 0 Å². The highest BCUT2D eigenvalue weighted by molar-refractivity contribution is 5.88. The summed E-state index contributed by atoms with van der Waals surface area (Å²) in [6, 6.07) is -0.740. The van der Waals surface area contributed by atoms with E-state index in [1.807, 2.05) is 13.8 Å². The summed E-state index contributed by atoms with van der Waals surface area (Å²) in [4.78, 5) is 37.5. The Morgan fingerprint density at radius 3 is 2.17 bits per heavy atom. The molecule has 0 heterocycles. The zero-order valence-electron chi connectivity index (χ0n) is 23.9. The van der Waals surface area contributed by atoms with Crippen LogP contribution in [0.1, 0.15) is 86.0 Å². The summed E-state index contributed by atoms with van der Waals surface area (Å²) in [7, 11) is 3.30. The van der Waals surface area contributed by atoms with Crippen LogP contribution in [0.2, 0.25) is 0 Å². The molecule has 1 unspecified atom stereocenters. The van der Waals surface area contributed by atoms with E-state index in [0.717, 1.165) is 25.7 Å². The number of rotatable bonds is 22. The van der Waals surface area contributed by atoms with Gasteiger partial charge in [-0.05, 0) is 25.7 Å². The first-order valence-electron chi connectivity index (χ1n) is 13.4. The Morgan fingerprint density at radius 2 is 1.56 bits per heavy atom. The minimum absolute atomic E-state index is 0.0335. The van der Waals surface area contributed by atoms with Crippen LogP contribution >= 0.6 is 0 Å². The van der Waals surface area contributed by atoms with Gasteiger partial charge < -0.3 is 30.2 Å². The van der Waals surface area contributed by atoms with Crippen LogP contribution in [-0.4, -0.2) is 77.5 Å². The largest absolute Gasteiger partial charge is 0.385 e. The molecule has 3 amide bonds. The van der Waals surface area contributed by atoms with Crippen LogP contribution in [-0.2, 0) is 28.6 Å². The lowest BCUT2D eigenvalue weighted by molar-refractivity contribution is -0.130. The second-order valence-corrected chi connectivity index (χ2v) is 10.8. The van der Waals surface area contributed by atoms with Crippen molar-refractivity contribution in [2.75, 3.05) is 53.7 Å². The first-order valence-corrected chi connectivity index (χ1v) is 13.4. The minimum atomic E-state index is -0.740. The molecule has 0 fully saturated rings. The third-order valence-corrected chi connectivity index (χ3v) is 6.20.